The zero-order valence-corrected chi connectivity index (χ0v) is 10.00. The summed E-state index contributed by atoms with van der Waals surface area (Å²) in [4.78, 5) is 0. The number of hydrogen-bond acceptors (Lipinski definition) is 0. The van der Waals surface area contributed by atoms with E-state index in [9.17, 15) is 0 Å². The topological polar surface area (TPSA) is 0 Å². The van der Waals surface area contributed by atoms with Crippen molar-refractivity contribution in [2.75, 3.05) is 0 Å². The van der Waals surface area contributed by atoms with Gasteiger partial charge in [-0.3, -0.25) is 0 Å². The van der Waals surface area contributed by atoms with Gasteiger partial charge in [-0.1, -0.05) is 43.2 Å². The van der Waals surface area contributed by atoms with E-state index in [1.807, 2.05) is 0 Å². The van der Waals surface area contributed by atoms with Gasteiger partial charge in [0, 0.05) is 0 Å². The molecule has 0 bridgehead atoms. The molecule has 15 heavy (non-hydrogen) atoms. The highest BCUT2D eigenvalue weighted by molar-refractivity contribution is 5.25. The van der Waals surface area contributed by atoms with Crippen LogP contribution in [0.2, 0.25) is 0 Å². The fraction of sp³-hybridized carbons (Fsp3) is 0.600. The van der Waals surface area contributed by atoms with Crippen molar-refractivity contribution in [3.05, 3.63) is 35.4 Å². The first-order valence-corrected chi connectivity index (χ1v) is 6.36. The molecule has 1 aromatic rings. The predicted molar refractivity (Wildman–Crippen MR) is 66.2 cm³/mol. The lowest BCUT2D eigenvalue weighted by molar-refractivity contribution is 0.319. The minimum Gasteiger partial charge on any atom is -0.0651 e. The highest BCUT2D eigenvalue weighted by Crippen LogP contribution is 2.36. The van der Waals surface area contributed by atoms with Crippen LogP contribution in [0, 0.1) is 12.8 Å². The molecule has 0 radical (unpaired) electrons. The molecule has 2 rings (SSSR count). The summed E-state index contributed by atoms with van der Waals surface area (Å²) >= 11 is 0. The molecule has 1 saturated carbocycles. The maximum atomic E-state index is 2.37. The van der Waals surface area contributed by atoms with Crippen LogP contribution >= 0.6 is 0 Å². The van der Waals surface area contributed by atoms with Crippen molar-refractivity contribution < 1.29 is 0 Å². The molecule has 0 amide bonds. The largest absolute Gasteiger partial charge is 0.0651 e. The Labute approximate surface area is 93.7 Å². The van der Waals surface area contributed by atoms with Crippen LogP contribution in [0.1, 0.15) is 56.1 Å². The summed E-state index contributed by atoms with van der Waals surface area (Å²) in [6.45, 7) is 4.53. The van der Waals surface area contributed by atoms with E-state index in [0.717, 1.165) is 11.8 Å². The van der Waals surface area contributed by atoms with Crippen molar-refractivity contribution in [3.8, 4) is 0 Å². The summed E-state index contributed by atoms with van der Waals surface area (Å²) in [6, 6.07) is 9.08. The molecule has 1 fully saturated rings. The fourth-order valence-corrected chi connectivity index (χ4v) is 2.83. The number of hydrogen-bond donors (Lipinski definition) is 0. The van der Waals surface area contributed by atoms with Gasteiger partial charge in [-0.25, -0.2) is 0 Å². The van der Waals surface area contributed by atoms with Gasteiger partial charge in [0.05, 0.1) is 0 Å². The monoisotopic (exact) mass is 202 g/mol. The third-order valence-electron chi connectivity index (χ3n) is 3.94. The van der Waals surface area contributed by atoms with Crippen molar-refractivity contribution >= 4 is 0 Å². The molecule has 1 aliphatic rings. The Hall–Kier alpha value is -0.780. The van der Waals surface area contributed by atoms with Crippen molar-refractivity contribution in [1.82, 2.24) is 0 Å². The molecule has 0 aromatic heterocycles. The smallest absolute Gasteiger partial charge is 0.0162 e. The Kier molecular flexibility index (Phi) is 3.45. The van der Waals surface area contributed by atoms with Crippen molar-refractivity contribution in [2.24, 2.45) is 5.92 Å². The molecule has 1 aliphatic carbocycles. The quantitative estimate of drug-likeness (QED) is 0.653. The minimum absolute atomic E-state index is 0.840. The molecule has 0 heterocycles. The summed E-state index contributed by atoms with van der Waals surface area (Å²) < 4.78 is 0. The van der Waals surface area contributed by atoms with E-state index >= 15 is 0 Å². The van der Waals surface area contributed by atoms with Crippen LogP contribution in [0.15, 0.2) is 24.3 Å². The normalized spacial score (nSPS) is 26.5. The van der Waals surface area contributed by atoms with E-state index in [2.05, 4.69) is 38.1 Å². The van der Waals surface area contributed by atoms with Gasteiger partial charge in [-0.15, -0.1) is 0 Å². The third kappa shape index (κ3) is 2.62. The Morgan fingerprint density at radius 3 is 2.47 bits per heavy atom. The Balaban J connectivity index is 2.01. The van der Waals surface area contributed by atoms with Gasteiger partial charge in [-0.05, 0) is 50.0 Å². The minimum atomic E-state index is 0.840. The van der Waals surface area contributed by atoms with Crippen LogP contribution in [-0.4, -0.2) is 0 Å². The van der Waals surface area contributed by atoms with Crippen LogP contribution in [0.5, 0.6) is 0 Å². The molecule has 0 N–H and O–H groups in total. The molecular formula is C15H22. The van der Waals surface area contributed by atoms with E-state index in [4.69, 9.17) is 0 Å². The molecule has 0 atom stereocenters. The second kappa shape index (κ2) is 4.83. The second-order valence-corrected chi connectivity index (χ2v) is 5.04. The van der Waals surface area contributed by atoms with Crippen LogP contribution in [0.4, 0.5) is 0 Å². The second-order valence-electron chi connectivity index (χ2n) is 5.04. The van der Waals surface area contributed by atoms with E-state index in [-0.39, 0.29) is 0 Å². The van der Waals surface area contributed by atoms with E-state index in [1.165, 1.54) is 37.7 Å². The van der Waals surface area contributed by atoms with Gasteiger partial charge in [-0.2, -0.15) is 0 Å². The molecule has 0 saturated heterocycles. The average molecular weight is 202 g/mol. The molecule has 0 spiro atoms. The summed E-state index contributed by atoms with van der Waals surface area (Å²) in [5, 5.41) is 0. The highest BCUT2D eigenvalue weighted by atomic mass is 14.3. The molecule has 1 aromatic carbocycles. The van der Waals surface area contributed by atoms with Crippen LogP contribution < -0.4 is 0 Å². The lowest BCUT2D eigenvalue weighted by Gasteiger charge is -2.28. The standard InChI is InChI=1S/C15H22/c1-3-13-7-9-14(10-8-13)15-6-4-5-12(2)11-15/h4-6,11,13-14H,3,7-10H2,1-2H3. The fourth-order valence-electron chi connectivity index (χ4n) is 2.83. The molecule has 0 heteroatoms. The summed E-state index contributed by atoms with van der Waals surface area (Å²) in [7, 11) is 0. The first kappa shape index (κ1) is 10.7. The van der Waals surface area contributed by atoms with E-state index < -0.39 is 0 Å². The van der Waals surface area contributed by atoms with Crippen molar-refractivity contribution in [1.29, 1.82) is 0 Å². The van der Waals surface area contributed by atoms with Crippen LogP contribution in [0.25, 0.3) is 0 Å². The van der Waals surface area contributed by atoms with Gasteiger partial charge in [0.2, 0.25) is 0 Å². The summed E-state index contributed by atoms with van der Waals surface area (Å²) in [6.07, 6.45) is 7.06. The predicted octanol–water partition coefficient (Wildman–Crippen LogP) is 4.68. The summed E-state index contributed by atoms with van der Waals surface area (Å²) in [5.74, 6) is 1.85. The Morgan fingerprint density at radius 1 is 1.13 bits per heavy atom. The SMILES string of the molecule is CCC1CCC(c2cccc(C)c2)CC1. The Bertz CT molecular complexity index is 306. The van der Waals surface area contributed by atoms with Gasteiger partial charge >= 0.3 is 0 Å². The molecule has 0 aliphatic heterocycles. The van der Waals surface area contributed by atoms with Gasteiger partial charge < -0.3 is 0 Å². The van der Waals surface area contributed by atoms with Crippen LogP contribution in [-0.2, 0) is 0 Å². The molecule has 0 nitrogen and oxygen atoms in total. The van der Waals surface area contributed by atoms with Crippen molar-refractivity contribution in [2.45, 2.75) is 51.9 Å². The summed E-state index contributed by atoms with van der Waals surface area (Å²) in [5.41, 5.74) is 2.98. The number of rotatable bonds is 2. The zero-order valence-electron chi connectivity index (χ0n) is 10.00. The zero-order chi connectivity index (χ0) is 10.7. The van der Waals surface area contributed by atoms with Gasteiger partial charge in [0.1, 0.15) is 0 Å². The van der Waals surface area contributed by atoms with Crippen molar-refractivity contribution in [3.63, 3.8) is 0 Å². The highest BCUT2D eigenvalue weighted by Gasteiger charge is 2.20. The maximum Gasteiger partial charge on any atom is -0.0162 e. The van der Waals surface area contributed by atoms with Gasteiger partial charge in [0.15, 0.2) is 0 Å². The first-order valence-electron chi connectivity index (χ1n) is 6.36. The Morgan fingerprint density at radius 2 is 1.87 bits per heavy atom. The lowest BCUT2D eigenvalue weighted by atomic mass is 9.77. The first-order chi connectivity index (χ1) is 7.29. The molecular weight excluding hydrogens is 180 g/mol. The van der Waals surface area contributed by atoms with Crippen LogP contribution in [0.3, 0.4) is 0 Å². The van der Waals surface area contributed by atoms with E-state index in [0.29, 0.717) is 0 Å². The maximum absolute atomic E-state index is 2.37. The third-order valence-corrected chi connectivity index (χ3v) is 3.94. The molecule has 82 valence electrons. The average Bonchev–Trinajstić information content (AvgIpc) is 2.29. The van der Waals surface area contributed by atoms with Gasteiger partial charge in [0.25, 0.3) is 0 Å². The van der Waals surface area contributed by atoms with E-state index in [1.54, 1.807) is 5.56 Å². The number of benzene rings is 1. The number of aryl methyl sites for hydroxylation is 1. The molecule has 0 unspecified atom stereocenters. The lowest BCUT2D eigenvalue weighted by Crippen LogP contribution is -2.12.